The van der Waals surface area contributed by atoms with Crippen LogP contribution in [0.5, 0.6) is 5.75 Å². The van der Waals surface area contributed by atoms with E-state index in [4.69, 9.17) is 15.0 Å². The van der Waals surface area contributed by atoms with E-state index in [1.807, 2.05) is 0 Å². The third kappa shape index (κ3) is 1.52. The molecule has 2 N–H and O–H groups in total. The Balaban J connectivity index is 2.41. The number of hydrogen-bond acceptors (Lipinski definition) is 5. The normalized spacial score (nSPS) is 10.1. The predicted molar refractivity (Wildman–Crippen MR) is 50.7 cm³/mol. The monoisotopic (exact) mass is 191 g/mol. The van der Waals surface area contributed by atoms with E-state index in [9.17, 15) is 0 Å². The van der Waals surface area contributed by atoms with Crippen molar-refractivity contribution >= 4 is 5.82 Å². The predicted octanol–water partition coefficient (Wildman–Crippen LogP) is 1.33. The summed E-state index contributed by atoms with van der Waals surface area (Å²) in [5, 5.41) is 3.58. The molecular formula is C9H9N3O2. The molecule has 2 aromatic rings. The summed E-state index contributed by atoms with van der Waals surface area (Å²) >= 11 is 0. The standard InChI is InChI=1S/C9H9N3O2/c1-13-7-2-6(4-11-5-7)8-3-9(10)12-14-8/h2-5H,1H3,(H2,10,12). The Morgan fingerprint density at radius 1 is 1.36 bits per heavy atom. The maximum absolute atomic E-state index is 5.43. The quantitative estimate of drug-likeness (QED) is 0.775. The van der Waals surface area contributed by atoms with Crippen molar-refractivity contribution in [2.45, 2.75) is 0 Å². The van der Waals surface area contributed by atoms with Crippen LogP contribution < -0.4 is 10.5 Å². The summed E-state index contributed by atoms with van der Waals surface area (Å²) in [5.74, 6) is 1.59. The number of nitrogens with zero attached hydrogens (tertiary/aromatic N) is 2. The first-order chi connectivity index (χ1) is 6.79. The van der Waals surface area contributed by atoms with Gasteiger partial charge in [-0.05, 0) is 6.07 Å². The summed E-state index contributed by atoms with van der Waals surface area (Å²) in [6.45, 7) is 0. The first-order valence-electron chi connectivity index (χ1n) is 4.01. The lowest BCUT2D eigenvalue weighted by atomic mass is 10.2. The minimum Gasteiger partial charge on any atom is -0.495 e. The largest absolute Gasteiger partial charge is 0.495 e. The third-order valence-corrected chi connectivity index (χ3v) is 1.76. The fraction of sp³-hybridized carbons (Fsp3) is 0.111. The van der Waals surface area contributed by atoms with Crippen LogP contribution in [0.2, 0.25) is 0 Å². The Kier molecular flexibility index (Phi) is 2.06. The van der Waals surface area contributed by atoms with Crippen molar-refractivity contribution in [3.05, 3.63) is 24.5 Å². The third-order valence-electron chi connectivity index (χ3n) is 1.76. The zero-order valence-corrected chi connectivity index (χ0v) is 7.60. The van der Waals surface area contributed by atoms with E-state index in [1.54, 1.807) is 31.6 Å². The molecule has 0 aliphatic heterocycles. The molecule has 14 heavy (non-hydrogen) atoms. The lowest BCUT2D eigenvalue weighted by Gasteiger charge is -1.99. The van der Waals surface area contributed by atoms with E-state index in [1.165, 1.54) is 0 Å². The molecule has 0 saturated carbocycles. The summed E-state index contributed by atoms with van der Waals surface area (Å²) in [6, 6.07) is 3.43. The summed E-state index contributed by atoms with van der Waals surface area (Å²) in [6.07, 6.45) is 3.27. The molecule has 0 aliphatic carbocycles. The molecule has 0 aromatic carbocycles. The van der Waals surface area contributed by atoms with Crippen LogP contribution in [0.15, 0.2) is 29.0 Å². The van der Waals surface area contributed by atoms with Crippen LogP contribution in [-0.2, 0) is 0 Å². The molecule has 2 aromatic heterocycles. The van der Waals surface area contributed by atoms with E-state index >= 15 is 0 Å². The van der Waals surface area contributed by atoms with Crippen molar-refractivity contribution in [2.75, 3.05) is 12.8 Å². The van der Waals surface area contributed by atoms with Crippen LogP contribution >= 0.6 is 0 Å². The molecule has 5 heteroatoms. The first kappa shape index (κ1) is 8.55. The van der Waals surface area contributed by atoms with Gasteiger partial charge in [0.15, 0.2) is 11.6 Å². The van der Waals surface area contributed by atoms with Crippen molar-refractivity contribution < 1.29 is 9.26 Å². The Labute approximate surface area is 80.5 Å². The highest BCUT2D eigenvalue weighted by Gasteiger charge is 2.05. The molecule has 0 amide bonds. The molecule has 0 bridgehead atoms. The number of rotatable bonds is 2. The molecule has 2 rings (SSSR count). The summed E-state index contributed by atoms with van der Waals surface area (Å²) in [7, 11) is 1.58. The number of methoxy groups -OCH3 is 1. The van der Waals surface area contributed by atoms with E-state index in [2.05, 4.69) is 10.1 Å². The van der Waals surface area contributed by atoms with Crippen molar-refractivity contribution in [3.63, 3.8) is 0 Å². The van der Waals surface area contributed by atoms with E-state index < -0.39 is 0 Å². The Morgan fingerprint density at radius 3 is 2.86 bits per heavy atom. The molecule has 0 saturated heterocycles. The molecule has 0 aliphatic rings. The lowest BCUT2D eigenvalue weighted by Crippen LogP contribution is -1.85. The number of anilines is 1. The topological polar surface area (TPSA) is 74.2 Å². The zero-order valence-electron chi connectivity index (χ0n) is 7.60. The fourth-order valence-electron chi connectivity index (χ4n) is 1.09. The first-order valence-corrected chi connectivity index (χ1v) is 4.01. The van der Waals surface area contributed by atoms with Crippen LogP contribution in [-0.4, -0.2) is 17.3 Å². The highest BCUT2D eigenvalue weighted by atomic mass is 16.5. The highest BCUT2D eigenvalue weighted by molar-refractivity contribution is 5.60. The van der Waals surface area contributed by atoms with Gasteiger partial charge in [0, 0.05) is 17.8 Å². The average molecular weight is 191 g/mol. The van der Waals surface area contributed by atoms with Gasteiger partial charge in [-0.1, -0.05) is 5.16 Å². The van der Waals surface area contributed by atoms with Gasteiger partial charge in [-0.25, -0.2) is 0 Å². The molecule has 2 heterocycles. The number of aromatic nitrogens is 2. The van der Waals surface area contributed by atoms with Gasteiger partial charge in [-0.15, -0.1) is 0 Å². The minimum absolute atomic E-state index is 0.350. The molecule has 0 fully saturated rings. The Hall–Kier alpha value is -2.04. The fourth-order valence-corrected chi connectivity index (χ4v) is 1.09. The van der Waals surface area contributed by atoms with Crippen LogP contribution in [0.4, 0.5) is 5.82 Å². The van der Waals surface area contributed by atoms with Gasteiger partial charge >= 0.3 is 0 Å². The smallest absolute Gasteiger partial charge is 0.170 e. The van der Waals surface area contributed by atoms with E-state index in [0.29, 0.717) is 17.3 Å². The second-order valence-electron chi connectivity index (χ2n) is 2.73. The van der Waals surface area contributed by atoms with Crippen LogP contribution in [0.3, 0.4) is 0 Å². The van der Waals surface area contributed by atoms with Crippen molar-refractivity contribution in [1.29, 1.82) is 0 Å². The molecule has 0 atom stereocenters. The molecular weight excluding hydrogens is 182 g/mol. The van der Waals surface area contributed by atoms with Crippen LogP contribution in [0, 0.1) is 0 Å². The van der Waals surface area contributed by atoms with Gasteiger partial charge in [0.2, 0.25) is 0 Å². The zero-order chi connectivity index (χ0) is 9.97. The Bertz CT molecular complexity index is 439. The van der Waals surface area contributed by atoms with E-state index in [0.717, 1.165) is 5.56 Å². The number of hydrogen-bond donors (Lipinski definition) is 1. The number of ether oxygens (including phenoxy) is 1. The summed E-state index contributed by atoms with van der Waals surface area (Å²) in [5.41, 5.74) is 6.22. The molecule has 5 nitrogen and oxygen atoms in total. The molecule has 72 valence electrons. The van der Waals surface area contributed by atoms with Gasteiger partial charge in [0.1, 0.15) is 5.75 Å². The maximum Gasteiger partial charge on any atom is 0.170 e. The van der Waals surface area contributed by atoms with Gasteiger partial charge in [0.05, 0.1) is 13.3 Å². The molecule has 0 radical (unpaired) electrons. The second kappa shape index (κ2) is 3.37. The second-order valence-corrected chi connectivity index (χ2v) is 2.73. The Morgan fingerprint density at radius 2 is 2.21 bits per heavy atom. The number of nitrogens with two attached hydrogens (primary N) is 1. The molecule has 0 spiro atoms. The van der Waals surface area contributed by atoms with Crippen molar-refractivity contribution in [2.24, 2.45) is 0 Å². The minimum atomic E-state index is 0.350. The number of pyridine rings is 1. The van der Waals surface area contributed by atoms with Gasteiger partial charge in [-0.3, -0.25) is 4.98 Å². The summed E-state index contributed by atoms with van der Waals surface area (Å²) in [4.78, 5) is 3.99. The average Bonchev–Trinajstić information content (AvgIpc) is 2.65. The number of nitrogen functional groups attached to an aromatic ring is 1. The SMILES string of the molecule is COc1cncc(-c2cc(N)no2)c1. The molecule has 0 unspecified atom stereocenters. The van der Waals surface area contributed by atoms with Gasteiger partial charge in [0.25, 0.3) is 0 Å². The lowest BCUT2D eigenvalue weighted by molar-refractivity contribution is 0.411. The summed E-state index contributed by atoms with van der Waals surface area (Å²) < 4.78 is 10.0. The van der Waals surface area contributed by atoms with Crippen molar-refractivity contribution in [1.82, 2.24) is 10.1 Å². The van der Waals surface area contributed by atoms with E-state index in [-0.39, 0.29) is 0 Å². The van der Waals surface area contributed by atoms with Gasteiger partial charge in [-0.2, -0.15) is 0 Å². The van der Waals surface area contributed by atoms with Crippen LogP contribution in [0.25, 0.3) is 11.3 Å². The van der Waals surface area contributed by atoms with Crippen LogP contribution in [0.1, 0.15) is 0 Å². The highest BCUT2D eigenvalue weighted by Crippen LogP contribution is 2.23. The maximum atomic E-state index is 5.43. The van der Waals surface area contributed by atoms with Crippen molar-refractivity contribution in [3.8, 4) is 17.1 Å². The van der Waals surface area contributed by atoms with Gasteiger partial charge < -0.3 is 15.0 Å².